The fourth-order valence-corrected chi connectivity index (χ4v) is 2.26. The molecule has 0 heterocycles. The summed E-state index contributed by atoms with van der Waals surface area (Å²) in [5.74, 6) is -0.531. The summed E-state index contributed by atoms with van der Waals surface area (Å²) in [6.07, 6.45) is 1.60. The number of hydrogen-bond acceptors (Lipinski definition) is 2. The van der Waals surface area contributed by atoms with Crippen LogP contribution in [0, 0.1) is 6.92 Å². The Balaban J connectivity index is 2.16. The van der Waals surface area contributed by atoms with E-state index in [4.69, 9.17) is 11.6 Å². The maximum atomic E-state index is 12.3. The van der Waals surface area contributed by atoms with Crippen LogP contribution in [0.3, 0.4) is 0 Å². The smallest absolute Gasteiger partial charge is 0.255 e. The first-order valence-electron chi connectivity index (χ1n) is 7.08. The number of anilines is 1. The van der Waals surface area contributed by atoms with E-state index in [1.807, 2.05) is 6.92 Å². The molecule has 0 aliphatic rings. The number of aryl methyl sites for hydroxylation is 1. The van der Waals surface area contributed by atoms with Crippen LogP contribution in [0.2, 0.25) is 5.02 Å². The van der Waals surface area contributed by atoms with Crippen molar-refractivity contribution in [1.82, 2.24) is 5.32 Å². The molecule has 0 bridgehead atoms. The summed E-state index contributed by atoms with van der Waals surface area (Å²) >= 11 is 5.90. The maximum Gasteiger partial charge on any atom is 0.255 e. The van der Waals surface area contributed by atoms with Gasteiger partial charge >= 0.3 is 0 Å². The lowest BCUT2D eigenvalue weighted by Crippen LogP contribution is -2.23. The molecule has 118 valence electrons. The molecule has 2 N–H and O–H groups in total. The third-order valence-corrected chi connectivity index (χ3v) is 3.47. The van der Waals surface area contributed by atoms with Crippen molar-refractivity contribution in [2.45, 2.75) is 6.92 Å². The van der Waals surface area contributed by atoms with Gasteiger partial charge in [0.2, 0.25) is 0 Å². The van der Waals surface area contributed by atoms with E-state index in [1.165, 1.54) is 0 Å². The highest BCUT2D eigenvalue weighted by Gasteiger charge is 2.11. The molecule has 23 heavy (non-hydrogen) atoms. The van der Waals surface area contributed by atoms with E-state index in [1.54, 1.807) is 48.5 Å². The molecule has 0 atom stereocenters. The van der Waals surface area contributed by atoms with Crippen LogP contribution >= 0.6 is 11.6 Å². The van der Waals surface area contributed by atoms with Crippen molar-refractivity contribution in [3.05, 3.63) is 76.8 Å². The summed E-state index contributed by atoms with van der Waals surface area (Å²) in [5.41, 5.74) is 2.38. The number of carbonyl (C=O) groups excluding carboxylic acids is 2. The lowest BCUT2D eigenvalue weighted by atomic mass is 10.1. The van der Waals surface area contributed by atoms with Gasteiger partial charge in [0.25, 0.3) is 11.8 Å². The van der Waals surface area contributed by atoms with Gasteiger partial charge in [0.1, 0.15) is 0 Å². The molecule has 0 fully saturated rings. The van der Waals surface area contributed by atoms with Gasteiger partial charge in [-0.05, 0) is 48.9 Å². The molecule has 2 aromatic carbocycles. The monoisotopic (exact) mass is 328 g/mol. The van der Waals surface area contributed by atoms with E-state index in [9.17, 15) is 9.59 Å². The van der Waals surface area contributed by atoms with Gasteiger partial charge in [-0.15, -0.1) is 6.58 Å². The maximum absolute atomic E-state index is 12.3. The van der Waals surface area contributed by atoms with Crippen molar-refractivity contribution in [2.24, 2.45) is 0 Å². The molecule has 0 unspecified atom stereocenters. The van der Waals surface area contributed by atoms with E-state index < -0.39 is 0 Å². The van der Waals surface area contributed by atoms with Crippen LogP contribution in [-0.4, -0.2) is 18.4 Å². The fraction of sp³-hybridized carbons (Fsp3) is 0.111. The molecule has 0 aromatic heterocycles. The molecular formula is C18H17ClN2O2. The number of nitrogens with one attached hydrogen (secondary N) is 2. The first-order chi connectivity index (χ1) is 11.0. The Kier molecular flexibility index (Phi) is 5.55. The quantitative estimate of drug-likeness (QED) is 0.820. The van der Waals surface area contributed by atoms with Gasteiger partial charge in [-0.3, -0.25) is 9.59 Å². The molecule has 0 saturated heterocycles. The van der Waals surface area contributed by atoms with Gasteiger partial charge in [-0.2, -0.15) is 0 Å². The second kappa shape index (κ2) is 7.61. The Morgan fingerprint density at radius 3 is 2.48 bits per heavy atom. The van der Waals surface area contributed by atoms with Crippen LogP contribution in [0.25, 0.3) is 0 Å². The van der Waals surface area contributed by atoms with Crippen LogP contribution in [0.1, 0.15) is 26.3 Å². The largest absolute Gasteiger partial charge is 0.349 e. The van der Waals surface area contributed by atoms with E-state index in [-0.39, 0.29) is 11.8 Å². The zero-order chi connectivity index (χ0) is 16.8. The van der Waals surface area contributed by atoms with Crippen molar-refractivity contribution in [2.75, 3.05) is 11.9 Å². The van der Waals surface area contributed by atoms with Gasteiger partial charge in [0.15, 0.2) is 0 Å². The average molecular weight is 329 g/mol. The minimum absolute atomic E-state index is 0.248. The molecule has 2 rings (SSSR count). The van der Waals surface area contributed by atoms with Crippen molar-refractivity contribution in [3.8, 4) is 0 Å². The highest BCUT2D eigenvalue weighted by atomic mass is 35.5. The van der Waals surface area contributed by atoms with Crippen molar-refractivity contribution in [3.63, 3.8) is 0 Å². The number of halogens is 1. The molecule has 4 nitrogen and oxygen atoms in total. The van der Waals surface area contributed by atoms with Crippen LogP contribution in [0.5, 0.6) is 0 Å². The van der Waals surface area contributed by atoms with Gasteiger partial charge in [0.05, 0.1) is 0 Å². The second-order valence-electron chi connectivity index (χ2n) is 4.99. The lowest BCUT2D eigenvalue weighted by molar-refractivity contribution is 0.0958. The minimum atomic E-state index is -0.284. The molecule has 0 aliphatic carbocycles. The normalized spacial score (nSPS) is 10.0. The van der Waals surface area contributed by atoms with Crippen molar-refractivity contribution >= 4 is 29.1 Å². The van der Waals surface area contributed by atoms with Crippen LogP contribution in [-0.2, 0) is 0 Å². The fourth-order valence-electron chi connectivity index (χ4n) is 2.03. The standard InChI is InChI=1S/C18H17ClN2O2/c1-3-9-20-17(22)13-5-4-6-14(11-13)18(23)21-16-8-7-15(19)10-12(16)2/h3-8,10-11H,1,9H2,2H3,(H,20,22)(H,21,23). The summed E-state index contributed by atoms with van der Waals surface area (Å²) in [7, 11) is 0. The van der Waals surface area contributed by atoms with Crippen molar-refractivity contribution < 1.29 is 9.59 Å². The first kappa shape index (κ1) is 16.8. The minimum Gasteiger partial charge on any atom is -0.349 e. The molecule has 2 amide bonds. The Labute approximate surface area is 140 Å². The first-order valence-corrected chi connectivity index (χ1v) is 7.45. The third-order valence-electron chi connectivity index (χ3n) is 3.23. The van der Waals surface area contributed by atoms with Crippen LogP contribution < -0.4 is 10.6 Å². The molecule has 0 aliphatic heterocycles. The van der Waals surface area contributed by atoms with Gasteiger partial charge in [0, 0.05) is 28.4 Å². The van der Waals surface area contributed by atoms with Crippen LogP contribution in [0.15, 0.2) is 55.1 Å². The number of rotatable bonds is 5. The van der Waals surface area contributed by atoms with Crippen molar-refractivity contribution in [1.29, 1.82) is 0 Å². The molecule has 0 saturated carbocycles. The Hall–Kier alpha value is -2.59. The number of benzene rings is 2. The third kappa shape index (κ3) is 4.44. The topological polar surface area (TPSA) is 58.2 Å². The summed E-state index contributed by atoms with van der Waals surface area (Å²) in [4.78, 5) is 24.3. The SMILES string of the molecule is C=CCNC(=O)c1cccc(C(=O)Nc2ccc(Cl)cc2C)c1. The van der Waals surface area contributed by atoms with E-state index in [0.29, 0.717) is 28.4 Å². The Morgan fingerprint density at radius 2 is 1.83 bits per heavy atom. The van der Waals surface area contributed by atoms with Gasteiger partial charge < -0.3 is 10.6 Å². The summed E-state index contributed by atoms with van der Waals surface area (Å²) in [6, 6.07) is 11.8. The molecule has 5 heteroatoms. The zero-order valence-electron chi connectivity index (χ0n) is 12.7. The van der Waals surface area contributed by atoms with E-state index in [0.717, 1.165) is 5.56 Å². The molecule has 0 spiro atoms. The summed E-state index contributed by atoms with van der Waals surface area (Å²) < 4.78 is 0. The molecular weight excluding hydrogens is 312 g/mol. The Bertz CT molecular complexity index is 756. The summed E-state index contributed by atoms with van der Waals surface area (Å²) in [5, 5.41) is 6.11. The number of hydrogen-bond donors (Lipinski definition) is 2. The highest BCUT2D eigenvalue weighted by Crippen LogP contribution is 2.20. The second-order valence-corrected chi connectivity index (χ2v) is 5.43. The van der Waals surface area contributed by atoms with E-state index in [2.05, 4.69) is 17.2 Å². The molecule has 2 aromatic rings. The molecule has 0 radical (unpaired) electrons. The van der Waals surface area contributed by atoms with Gasteiger partial charge in [-0.1, -0.05) is 23.7 Å². The Morgan fingerprint density at radius 1 is 1.13 bits per heavy atom. The number of carbonyl (C=O) groups is 2. The summed E-state index contributed by atoms with van der Waals surface area (Å²) in [6.45, 7) is 5.78. The van der Waals surface area contributed by atoms with Gasteiger partial charge in [-0.25, -0.2) is 0 Å². The van der Waals surface area contributed by atoms with E-state index >= 15 is 0 Å². The predicted octanol–water partition coefficient (Wildman–Crippen LogP) is 3.82. The lowest BCUT2D eigenvalue weighted by Gasteiger charge is -2.09. The highest BCUT2D eigenvalue weighted by molar-refractivity contribution is 6.30. The van der Waals surface area contributed by atoms with Crippen LogP contribution in [0.4, 0.5) is 5.69 Å². The average Bonchev–Trinajstić information content (AvgIpc) is 2.55. The zero-order valence-corrected chi connectivity index (χ0v) is 13.5. The number of amides is 2. The predicted molar refractivity (Wildman–Crippen MR) is 93.1 cm³/mol.